The number of rotatable bonds is 3. The van der Waals surface area contributed by atoms with Gasteiger partial charge in [-0.2, -0.15) is 11.8 Å². The van der Waals surface area contributed by atoms with Crippen LogP contribution in [-0.4, -0.2) is 18.5 Å². The van der Waals surface area contributed by atoms with Crippen LogP contribution in [0.1, 0.15) is 5.56 Å². The second kappa shape index (κ2) is 4.39. The fourth-order valence-electron chi connectivity index (χ4n) is 1.14. The fraction of sp³-hybridized carbons (Fsp3) is 0.333. The third kappa shape index (κ3) is 2.82. The molecule has 0 saturated carbocycles. The van der Waals surface area contributed by atoms with Crippen LogP contribution in [0.15, 0.2) is 18.2 Å². The molecule has 72 valence electrons. The maximum atomic E-state index is 9.21. The number of thioether (sulfide) groups is 1. The van der Waals surface area contributed by atoms with Gasteiger partial charge in [-0.25, -0.2) is 0 Å². The van der Waals surface area contributed by atoms with Crippen LogP contribution in [-0.2, 0) is 5.75 Å². The summed E-state index contributed by atoms with van der Waals surface area (Å²) in [7, 11) is 1.58. The molecular formula is C9H14N2OS. The third-order valence-electron chi connectivity index (χ3n) is 1.68. The predicted molar refractivity (Wildman–Crippen MR) is 58.3 cm³/mol. The highest BCUT2D eigenvalue weighted by Gasteiger charge is 2.01. The molecule has 1 rings (SSSR count). The molecule has 0 radical (unpaired) electrons. The van der Waals surface area contributed by atoms with Gasteiger partial charge in [0.2, 0.25) is 0 Å². The molecule has 1 aromatic carbocycles. The lowest BCUT2D eigenvalue weighted by atomic mass is 10.2. The van der Waals surface area contributed by atoms with Crippen LogP contribution in [0.4, 0.5) is 11.4 Å². The highest BCUT2D eigenvalue weighted by molar-refractivity contribution is 7.97. The van der Waals surface area contributed by atoms with Crippen LogP contribution >= 0.6 is 11.8 Å². The highest BCUT2D eigenvalue weighted by atomic mass is 32.2. The van der Waals surface area contributed by atoms with Crippen LogP contribution in [0.2, 0.25) is 0 Å². The van der Waals surface area contributed by atoms with E-state index in [1.807, 2.05) is 18.4 Å². The summed E-state index contributed by atoms with van der Waals surface area (Å²) in [6, 6.07) is 5.58. The highest BCUT2D eigenvalue weighted by Crippen LogP contribution is 2.21. The standard InChI is InChI=1S/C9H14N2OS/c1-11(12)9-4-7(6-13-2)3-8(10)5-9/h3-5,12H,6,10H2,1-2H3. The first kappa shape index (κ1) is 10.2. The molecule has 0 fully saturated rings. The number of benzene rings is 1. The van der Waals surface area contributed by atoms with E-state index in [0.29, 0.717) is 5.69 Å². The van der Waals surface area contributed by atoms with Crippen molar-refractivity contribution in [3.05, 3.63) is 23.8 Å². The normalized spacial score (nSPS) is 10.1. The van der Waals surface area contributed by atoms with Crippen molar-refractivity contribution in [1.82, 2.24) is 0 Å². The average Bonchev–Trinajstić information content (AvgIpc) is 2.03. The molecule has 4 heteroatoms. The second-order valence-corrected chi connectivity index (χ2v) is 3.76. The molecule has 0 saturated heterocycles. The lowest BCUT2D eigenvalue weighted by molar-refractivity contribution is 0.279. The van der Waals surface area contributed by atoms with E-state index in [0.717, 1.165) is 22.1 Å². The van der Waals surface area contributed by atoms with E-state index < -0.39 is 0 Å². The summed E-state index contributed by atoms with van der Waals surface area (Å²) in [6.45, 7) is 0. The van der Waals surface area contributed by atoms with E-state index in [1.165, 1.54) is 0 Å². The Kier molecular flexibility index (Phi) is 3.45. The molecule has 3 N–H and O–H groups in total. The minimum Gasteiger partial charge on any atom is -0.399 e. The Bertz CT molecular complexity index is 289. The Labute approximate surface area is 82.5 Å². The minimum absolute atomic E-state index is 0.683. The van der Waals surface area contributed by atoms with Crippen molar-refractivity contribution < 1.29 is 5.21 Å². The summed E-state index contributed by atoms with van der Waals surface area (Å²) < 4.78 is 0. The van der Waals surface area contributed by atoms with Gasteiger partial charge < -0.3 is 5.73 Å². The minimum atomic E-state index is 0.683. The Morgan fingerprint density at radius 3 is 2.69 bits per heavy atom. The molecule has 1 aromatic rings. The van der Waals surface area contributed by atoms with Crippen molar-refractivity contribution in [1.29, 1.82) is 0 Å². The van der Waals surface area contributed by atoms with Crippen molar-refractivity contribution in [2.75, 3.05) is 24.1 Å². The number of hydrogen-bond acceptors (Lipinski definition) is 4. The second-order valence-electron chi connectivity index (χ2n) is 2.89. The van der Waals surface area contributed by atoms with E-state index in [9.17, 15) is 5.21 Å². The first-order valence-electron chi connectivity index (χ1n) is 3.94. The number of hydroxylamine groups is 1. The number of anilines is 2. The fourth-order valence-corrected chi connectivity index (χ4v) is 1.64. The van der Waals surface area contributed by atoms with E-state index >= 15 is 0 Å². The van der Waals surface area contributed by atoms with Crippen LogP contribution in [0, 0.1) is 0 Å². The van der Waals surface area contributed by atoms with Gasteiger partial charge in [0, 0.05) is 18.5 Å². The molecule has 0 aliphatic rings. The van der Waals surface area contributed by atoms with Gasteiger partial charge in [0.1, 0.15) is 0 Å². The Morgan fingerprint density at radius 2 is 2.15 bits per heavy atom. The first-order chi connectivity index (χ1) is 6.13. The number of nitrogens with zero attached hydrogens (tertiary/aromatic N) is 1. The molecule has 13 heavy (non-hydrogen) atoms. The average molecular weight is 198 g/mol. The van der Waals surface area contributed by atoms with Gasteiger partial charge in [0.25, 0.3) is 0 Å². The zero-order valence-electron chi connectivity index (χ0n) is 7.82. The molecule has 0 unspecified atom stereocenters. The summed E-state index contributed by atoms with van der Waals surface area (Å²) in [5.41, 5.74) is 8.22. The van der Waals surface area contributed by atoms with E-state index in [-0.39, 0.29) is 0 Å². The molecule has 3 nitrogen and oxygen atoms in total. The number of hydrogen-bond donors (Lipinski definition) is 2. The van der Waals surface area contributed by atoms with Crippen molar-refractivity contribution in [3.8, 4) is 0 Å². The van der Waals surface area contributed by atoms with E-state index in [1.54, 1.807) is 24.9 Å². The van der Waals surface area contributed by atoms with Crippen molar-refractivity contribution in [2.45, 2.75) is 5.75 Å². The zero-order chi connectivity index (χ0) is 9.84. The lowest BCUT2D eigenvalue weighted by Gasteiger charge is -2.12. The van der Waals surface area contributed by atoms with Gasteiger partial charge in [-0.05, 0) is 30.0 Å². The molecule has 0 amide bonds. The van der Waals surface area contributed by atoms with Crippen LogP contribution in [0.25, 0.3) is 0 Å². The molecule has 0 aromatic heterocycles. The van der Waals surface area contributed by atoms with Gasteiger partial charge in [0.15, 0.2) is 0 Å². The Morgan fingerprint density at radius 1 is 1.46 bits per heavy atom. The van der Waals surface area contributed by atoms with Crippen LogP contribution < -0.4 is 10.8 Å². The van der Waals surface area contributed by atoms with E-state index in [4.69, 9.17) is 5.73 Å². The van der Waals surface area contributed by atoms with Gasteiger partial charge in [-0.1, -0.05) is 0 Å². The summed E-state index contributed by atoms with van der Waals surface area (Å²) in [6.07, 6.45) is 2.03. The number of nitrogen functional groups attached to an aromatic ring is 1. The molecule has 0 aliphatic carbocycles. The monoisotopic (exact) mass is 198 g/mol. The van der Waals surface area contributed by atoms with Crippen molar-refractivity contribution in [3.63, 3.8) is 0 Å². The lowest BCUT2D eigenvalue weighted by Crippen LogP contribution is -2.10. The number of nitrogens with two attached hydrogens (primary N) is 1. The van der Waals surface area contributed by atoms with Gasteiger partial charge in [-0.15, -0.1) is 0 Å². The van der Waals surface area contributed by atoms with Gasteiger partial charge in [0.05, 0.1) is 5.69 Å². The van der Waals surface area contributed by atoms with Crippen molar-refractivity contribution in [2.24, 2.45) is 0 Å². The van der Waals surface area contributed by atoms with E-state index in [2.05, 4.69) is 0 Å². The third-order valence-corrected chi connectivity index (χ3v) is 2.31. The molecular weight excluding hydrogens is 184 g/mol. The quantitative estimate of drug-likeness (QED) is 0.576. The summed E-state index contributed by atoms with van der Waals surface area (Å²) in [5.74, 6) is 0.909. The Balaban J connectivity index is 2.96. The maximum Gasteiger partial charge on any atom is 0.0654 e. The topological polar surface area (TPSA) is 49.5 Å². The molecule has 0 aliphatic heterocycles. The summed E-state index contributed by atoms with van der Waals surface area (Å²) >= 11 is 1.73. The van der Waals surface area contributed by atoms with Crippen LogP contribution in [0.3, 0.4) is 0 Å². The van der Waals surface area contributed by atoms with Gasteiger partial charge in [-0.3, -0.25) is 10.3 Å². The predicted octanol–water partition coefficient (Wildman–Crippen LogP) is 1.96. The maximum absolute atomic E-state index is 9.21. The molecule has 0 bridgehead atoms. The largest absolute Gasteiger partial charge is 0.399 e. The molecule has 0 atom stereocenters. The van der Waals surface area contributed by atoms with Crippen molar-refractivity contribution >= 4 is 23.1 Å². The zero-order valence-corrected chi connectivity index (χ0v) is 8.64. The molecule has 0 heterocycles. The first-order valence-corrected chi connectivity index (χ1v) is 5.34. The summed E-state index contributed by atoms with van der Waals surface area (Å²) in [4.78, 5) is 0. The summed E-state index contributed by atoms with van der Waals surface area (Å²) in [5, 5.41) is 10.3. The van der Waals surface area contributed by atoms with Gasteiger partial charge >= 0.3 is 0 Å². The smallest absolute Gasteiger partial charge is 0.0654 e. The molecule has 0 spiro atoms. The SMILES string of the molecule is CSCc1cc(N)cc(N(C)O)c1. The Hall–Kier alpha value is -0.870. The van der Waals surface area contributed by atoms with Crippen LogP contribution in [0.5, 0.6) is 0 Å².